The van der Waals surface area contributed by atoms with Gasteiger partial charge in [-0.1, -0.05) is 27.7 Å². The largest absolute Gasteiger partial charge is 0.464 e. The SMILES string of the molecule is CC(=O)OC[C@H](C)N1C(=O)[C@H](C)[C@@H](C)C1=O.C[C@H]1CN([C@@H](C)CO)C[C@@H]1C. The highest BCUT2D eigenvalue weighted by molar-refractivity contribution is 6.05. The lowest BCUT2D eigenvalue weighted by Crippen LogP contribution is -2.41. The smallest absolute Gasteiger partial charge is 0.302 e. The number of hydrogen-bond donors (Lipinski definition) is 1. The van der Waals surface area contributed by atoms with Crippen molar-refractivity contribution >= 4 is 17.8 Å². The van der Waals surface area contributed by atoms with Crippen molar-refractivity contribution in [3.8, 4) is 0 Å². The van der Waals surface area contributed by atoms with E-state index in [1.165, 1.54) is 11.8 Å². The molecule has 2 saturated heterocycles. The molecule has 2 rings (SSSR count). The van der Waals surface area contributed by atoms with E-state index in [0.29, 0.717) is 12.6 Å². The number of imide groups is 1. The molecule has 0 aliphatic carbocycles. The number of aliphatic hydroxyl groups excluding tert-OH is 1. The first kappa shape index (κ1) is 23.6. The van der Waals surface area contributed by atoms with E-state index in [9.17, 15) is 14.4 Å². The average Bonchev–Trinajstić information content (AvgIpc) is 3.05. The van der Waals surface area contributed by atoms with Gasteiger partial charge < -0.3 is 9.84 Å². The Morgan fingerprint density at radius 3 is 1.85 bits per heavy atom. The van der Waals surface area contributed by atoms with Crippen LogP contribution in [0.5, 0.6) is 0 Å². The predicted octanol–water partition coefficient (Wildman–Crippen LogP) is 1.53. The standard InChI is InChI=1S/C11H17NO4.C9H19NO/c1-6(5-16-9(4)13)12-10(14)7(2)8(3)11(12)15;1-7-4-10(5-8(7)2)9(3)6-11/h6-8H,5H2,1-4H3;7-9,11H,4-6H2,1-3H3/t6-,7+,8+;7-,8-,9-/m00/s1. The van der Waals surface area contributed by atoms with Crippen LogP contribution in [0.25, 0.3) is 0 Å². The molecule has 0 bridgehead atoms. The molecule has 0 aromatic rings. The summed E-state index contributed by atoms with van der Waals surface area (Å²) in [7, 11) is 0. The molecule has 2 fully saturated rings. The van der Waals surface area contributed by atoms with Gasteiger partial charge in [0.2, 0.25) is 11.8 Å². The first-order chi connectivity index (χ1) is 12.5. The summed E-state index contributed by atoms with van der Waals surface area (Å²) in [5, 5.41) is 8.93. The zero-order chi connectivity index (χ0) is 20.9. The second-order valence-electron chi connectivity index (χ2n) is 8.22. The molecule has 0 saturated carbocycles. The third-order valence-electron chi connectivity index (χ3n) is 5.88. The molecule has 2 heterocycles. The van der Waals surface area contributed by atoms with Crippen LogP contribution in [-0.4, -0.2) is 71.1 Å². The Kier molecular flexibility index (Phi) is 8.88. The lowest BCUT2D eigenvalue weighted by molar-refractivity contribution is -0.150. The highest BCUT2D eigenvalue weighted by Gasteiger charge is 2.44. The van der Waals surface area contributed by atoms with Gasteiger partial charge in [-0.3, -0.25) is 24.2 Å². The number of hydrogen-bond acceptors (Lipinski definition) is 6. The van der Waals surface area contributed by atoms with Gasteiger partial charge in [-0.05, 0) is 25.7 Å². The number of esters is 1. The number of amides is 2. The minimum Gasteiger partial charge on any atom is -0.464 e. The van der Waals surface area contributed by atoms with E-state index in [4.69, 9.17) is 9.84 Å². The van der Waals surface area contributed by atoms with E-state index in [-0.39, 0.29) is 30.3 Å². The topological polar surface area (TPSA) is 87.2 Å². The fraction of sp³-hybridized carbons (Fsp3) is 0.850. The summed E-state index contributed by atoms with van der Waals surface area (Å²) in [6.45, 7) is 15.8. The van der Waals surface area contributed by atoms with E-state index in [1.807, 2.05) is 0 Å². The van der Waals surface area contributed by atoms with Crippen molar-refractivity contribution in [1.29, 1.82) is 0 Å². The van der Waals surface area contributed by atoms with Crippen LogP contribution in [0.2, 0.25) is 0 Å². The molecule has 27 heavy (non-hydrogen) atoms. The quantitative estimate of drug-likeness (QED) is 0.571. The maximum absolute atomic E-state index is 11.8. The third-order valence-corrected chi connectivity index (χ3v) is 5.88. The Morgan fingerprint density at radius 2 is 1.48 bits per heavy atom. The molecule has 0 radical (unpaired) electrons. The zero-order valence-corrected chi connectivity index (χ0v) is 17.8. The molecule has 0 spiro atoms. The third kappa shape index (κ3) is 6.01. The highest BCUT2D eigenvalue weighted by atomic mass is 16.5. The molecule has 1 N–H and O–H groups in total. The maximum Gasteiger partial charge on any atom is 0.302 e. The minimum atomic E-state index is -0.410. The van der Waals surface area contributed by atoms with Crippen LogP contribution in [0.15, 0.2) is 0 Å². The summed E-state index contributed by atoms with van der Waals surface area (Å²) in [4.78, 5) is 37.8. The number of rotatable bonds is 5. The number of ether oxygens (including phenoxy) is 1. The van der Waals surface area contributed by atoms with Crippen molar-refractivity contribution < 1.29 is 24.2 Å². The van der Waals surface area contributed by atoms with E-state index in [0.717, 1.165) is 24.9 Å². The average molecular weight is 385 g/mol. The normalized spacial score (nSPS) is 30.7. The molecule has 0 aromatic heterocycles. The molecule has 2 aliphatic heterocycles. The van der Waals surface area contributed by atoms with Crippen molar-refractivity contribution in [2.24, 2.45) is 23.7 Å². The maximum atomic E-state index is 11.8. The molecule has 6 atom stereocenters. The molecule has 156 valence electrons. The van der Waals surface area contributed by atoms with E-state index in [1.54, 1.807) is 20.8 Å². The van der Waals surface area contributed by atoms with Crippen LogP contribution < -0.4 is 0 Å². The van der Waals surface area contributed by atoms with Crippen molar-refractivity contribution in [2.45, 2.75) is 60.5 Å². The summed E-state index contributed by atoms with van der Waals surface area (Å²) in [6.07, 6.45) is 0. The summed E-state index contributed by atoms with van der Waals surface area (Å²) in [5.74, 6) is 0.244. The van der Waals surface area contributed by atoms with E-state index in [2.05, 4.69) is 25.7 Å². The minimum absolute atomic E-state index is 0.0618. The predicted molar refractivity (Wildman–Crippen MR) is 103 cm³/mol. The molecule has 2 amide bonds. The Hall–Kier alpha value is -1.47. The lowest BCUT2D eigenvalue weighted by atomic mass is 10.00. The molecular weight excluding hydrogens is 348 g/mol. The van der Waals surface area contributed by atoms with Gasteiger partial charge in [-0.25, -0.2) is 0 Å². The van der Waals surface area contributed by atoms with Gasteiger partial charge in [-0.2, -0.15) is 0 Å². The van der Waals surface area contributed by atoms with E-state index >= 15 is 0 Å². The highest BCUT2D eigenvalue weighted by Crippen LogP contribution is 2.27. The van der Waals surface area contributed by atoms with Crippen LogP contribution in [0.4, 0.5) is 0 Å². The number of carbonyl (C=O) groups is 3. The van der Waals surface area contributed by atoms with Crippen LogP contribution in [0.1, 0.15) is 48.5 Å². The Morgan fingerprint density at radius 1 is 1.04 bits per heavy atom. The second-order valence-corrected chi connectivity index (χ2v) is 8.22. The lowest BCUT2D eigenvalue weighted by Gasteiger charge is -2.22. The van der Waals surface area contributed by atoms with Crippen molar-refractivity contribution in [1.82, 2.24) is 9.80 Å². The van der Waals surface area contributed by atoms with Gasteiger partial charge in [0.1, 0.15) is 6.61 Å². The van der Waals surface area contributed by atoms with E-state index < -0.39 is 12.0 Å². The van der Waals surface area contributed by atoms with Gasteiger partial charge in [0.25, 0.3) is 0 Å². The first-order valence-corrected chi connectivity index (χ1v) is 9.86. The summed E-state index contributed by atoms with van der Waals surface area (Å²) in [5.41, 5.74) is 0. The molecule has 0 unspecified atom stereocenters. The van der Waals surface area contributed by atoms with Crippen molar-refractivity contribution in [3.63, 3.8) is 0 Å². The van der Waals surface area contributed by atoms with Gasteiger partial charge in [0, 0.05) is 37.9 Å². The second kappa shape index (κ2) is 10.2. The van der Waals surface area contributed by atoms with Gasteiger partial charge >= 0.3 is 5.97 Å². The summed E-state index contributed by atoms with van der Waals surface area (Å²) >= 11 is 0. The van der Waals surface area contributed by atoms with Crippen molar-refractivity contribution in [3.05, 3.63) is 0 Å². The van der Waals surface area contributed by atoms with Crippen LogP contribution in [0.3, 0.4) is 0 Å². The molecule has 0 aromatic carbocycles. The molecule has 7 heteroatoms. The summed E-state index contributed by atoms with van der Waals surface area (Å²) in [6, 6.07) is -0.0429. The van der Waals surface area contributed by atoms with Gasteiger partial charge in [0.05, 0.1) is 12.6 Å². The fourth-order valence-corrected chi connectivity index (χ4v) is 3.37. The zero-order valence-electron chi connectivity index (χ0n) is 17.8. The number of nitrogens with zero attached hydrogens (tertiary/aromatic N) is 2. The number of carbonyl (C=O) groups excluding carboxylic acids is 3. The Bertz CT molecular complexity index is 508. The summed E-state index contributed by atoms with van der Waals surface area (Å²) < 4.78 is 4.80. The van der Waals surface area contributed by atoms with Gasteiger partial charge in [0.15, 0.2) is 0 Å². The van der Waals surface area contributed by atoms with Gasteiger partial charge in [-0.15, -0.1) is 0 Å². The number of aliphatic hydroxyl groups is 1. The Balaban J connectivity index is 0.000000289. The number of likely N-dealkylation sites (tertiary alicyclic amines) is 2. The molecule has 2 aliphatic rings. The first-order valence-electron chi connectivity index (χ1n) is 9.86. The van der Waals surface area contributed by atoms with Crippen LogP contribution in [-0.2, 0) is 19.1 Å². The fourth-order valence-electron chi connectivity index (χ4n) is 3.37. The van der Waals surface area contributed by atoms with Crippen molar-refractivity contribution in [2.75, 3.05) is 26.3 Å². The monoisotopic (exact) mass is 384 g/mol. The Labute approximate surface area is 163 Å². The van der Waals surface area contributed by atoms with Crippen LogP contribution >= 0.6 is 0 Å². The van der Waals surface area contributed by atoms with Crippen LogP contribution in [0, 0.1) is 23.7 Å². The molecule has 7 nitrogen and oxygen atoms in total. The molecular formula is C20H36N2O5.